The van der Waals surface area contributed by atoms with Crippen molar-refractivity contribution in [1.82, 2.24) is 15.0 Å². The molecular formula is C21H21N5O3. The molecule has 0 saturated heterocycles. The van der Waals surface area contributed by atoms with E-state index in [2.05, 4.69) is 32.2 Å². The van der Waals surface area contributed by atoms with Crippen LogP contribution >= 0.6 is 0 Å². The van der Waals surface area contributed by atoms with E-state index in [1.54, 1.807) is 32.7 Å². The molecule has 0 fully saturated rings. The van der Waals surface area contributed by atoms with Crippen LogP contribution in [0.2, 0.25) is 0 Å². The van der Waals surface area contributed by atoms with Gasteiger partial charge in [-0.1, -0.05) is 18.7 Å². The van der Waals surface area contributed by atoms with Crippen molar-refractivity contribution in [3.05, 3.63) is 67.0 Å². The molecule has 0 radical (unpaired) electrons. The van der Waals surface area contributed by atoms with Crippen molar-refractivity contribution in [1.29, 1.82) is 0 Å². The number of benzene rings is 1. The number of carbonyl (C=O) groups is 1. The molecule has 2 N–H and O–H groups in total. The number of hydrogen-bond donors (Lipinski definition) is 2. The molecule has 29 heavy (non-hydrogen) atoms. The highest BCUT2D eigenvalue weighted by molar-refractivity contribution is 5.91. The Hall–Kier alpha value is -3.94. The molecule has 1 aromatic carbocycles. The SMILES string of the molecule is C=CC(=O)Cc1cccc(Nc2nc(Nc3ccc(OC)nc3)ncc2OC)c1. The van der Waals surface area contributed by atoms with Crippen molar-refractivity contribution < 1.29 is 14.3 Å². The van der Waals surface area contributed by atoms with E-state index in [-0.39, 0.29) is 12.2 Å². The maximum absolute atomic E-state index is 11.6. The first kappa shape index (κ1) is 19.8. The van der Waals surface area contributed by atoms with E-state index in [4.69, 9.17) is 9.47 Å². The summed E-state index contributed by atoms with van der Waals surface area (Å²) in [5, 5.41) is 6.30. The third kappa shape index (κ3) is 5.29. The van der Waals surface area contributed by atoms with Crippen molar-refractivity contribution in [3.8, 4) is 11.6 Å². The minimum absolute atomic E-state index is 0.0404. The van der Waals surface area contributed by atoms with E-state index in [1.807, 2.05) is 30.3 Å². The van der Waals surface area contributed by atoms with Gasteiger partial charge in [0.25, 0.3) is 0 Å². The molecule has 0 bridgehead atoms. The number of nitrogens with zero attached hydrogens (tertiary/aromatic N) is 3. The van der Waals surface area contributed by atoms with Crippen LogP contribution in [0, 0.1) is 0 Å². The first-order chi connectivity index (χ1) is 14.1. The molecule has 3 aromatic rings. The maximum Gasteiger partial charge on any atom is 0.229 e. The molecule has 0 amide bonds. The summed E-state index contributed by atoms with van der Waals surface area (Å²) in [7, 11) is 3.10. The summed E-state index contributed by atoms with van der Waals surface area (Å²) < 4.78 is 10.4. The van der Waals surface area contributed by atoms with Gasteiger partial charge in [0.05, 0.1) is 32.3 Å². The molecule has 8 nitrogen and oxygen atoms in total. The monoisotopic (exact) mass is 391 g/mol. The van der Waals surface area contributed by atoms with Gasteiger partial charge in [-0.2, -0.15) is 4.98 Å². The van der Waals surface area contributed by atoms with Crippen molar-refractivity contribution in [2.75, 3.05) is 24.9 Å². The Morgan fingerprint density at radius 2 is 1.93 bits per heavy atom. The number of nitrogens with one attached hydrogen (secondary N) is 2. The molecule has 0 spiro atoms. The Morgan fingerprint density at radius 1 is 1.07 bits per heavy atom. The number of pyridine rings is 1. The van der Waals surface area contributed by atoms with Gasteiger partial charge in [0.15, 0.2) is 17.4 Å². The number of anilines is 4. The first-order valence-corrected chi connectivity index (χ1v) is 8.80. The van der Waals surface area contributed by atoms with Crippen LogP contribution in [0.5, 0.6) is 11.6 Å². The molecule has 0 unspecified atom stereocenters. The van der Waals surface area contributed by atoms with Gasteiger partial charge in [0, 0.05) is 18.2 Å². The van der Waals surface area contributed by atoms with Crippen LogP contribution in [0.3, 0.4) is 0 Å². The number of methoxy groups -OCH3 is 2. The average molecular weight is 391 g/mol. The molecular weight excluding hydrogens is 370 g/mol. The molecule has 0 atom stereocenters. The molecule has 8 heteroatoms. The Kier molecular flexibility index (Phi) is 6.36. The quantitative estimate of drug-likeness (QED) is 0.533. The molecule has 0 aliphatic carbocycles. The molecule has 148 valence electrons. The topological polar surface area (TPSA) is 98.3 Å². The van der Waals surface area contributed by atoms with Gasteiger partial charge >= 0.3 is 0 Å². The van der Waals surface area contributed by atoms with Crippen molar-refractivity contribution >= 4 is 28.9 Å². The average Bonchev–Trinajstić information content (AvgIpc) is 2.75. The summed E-state index contributed by atoms with van der Waals surface area (Å²) in [5.74, 6) is 1.82. The number of carbonyl (C=O) groups excluding carboxylic acids is 1. The van der Waals surface area contributed by atoms with Gasteiger partial charge in [0.2, 0.25) is 11.8 Å². The Bertz CT molecular complexity index is 1010. The van der Waals surface area contributed by atoms with E-state index < -0.39 is 0 Å². The molecule has 3 rings (SSSR count). The Labute approximate surface area is 168 Å². The maximum atomic E-state index is 11.6. The molecule has 2 heterocycles. The fourth-order valence-electron chi connectivity index (χ4n) is 2.54. The summed E-state index contributed by atoms with van der Waals surface area (Å²) in [4.78, 5) is 24.5. The van der Waals surface area contributed by atoms with Crippen LogP contribution in [0.1, 0.15) is 5.56 Å². The minimum Gasteiger partial charge on any atom is -0.491 e. The van der Waals surface area contributed by atoms with Crippen LogP contribution in [0.25, 0.3) is 0 Å². The fourth-order valence-corrected chi connectivity index (χ4v) is 2.54. The van der Waals surface area contributed by atoms with Gasteiger partial charge < -0.3 is 20.1 Å². The van der Waals surface area contributed by atoms with Crippen LogP contribution in [-0.2, 0) is 11.2 Å². The summed E-state index contributed by atoms with van der Waals surface area (Å²) in [5.41, 5.74) is 2.36. The fraction of sp³-hybridized carbons (Fsp3) is 0.143. The largest absolute Gasteiger partial charge is 0.491 e. The predicted molar refractivity (Wildman–Crippen MR) is 111 cm³/mol. The smallest absolute Gasteiger partial charge is 0.229 e. The number of hydrogen-bond acceptors (Lipinski definition) is 8. The second-order valence-corrected chi connectivity index (χ2v) is 6.00. The van der Waals surface area contributed by atoms with Gasteiger partial charge in [-0.15, -0.1) is 0 Å². The number of ether oxygens (including phenoxy) is 2. The lowest BCUT2D eigenvalue weighted by molar-refractivity contribution is -0.114. The lowest BCUT2D eigenvalue weighted by Crippen LogP contribution is -2.04. The summed E-state index contributed by atoms with van der Waals surface area (Å²) in [6, 6.07) is 11.1. The van der Waals surface area contributed by atoms with Crippen molar-refractivity contribution in [3.63, 3.8) is 0 Å². The molecule has 0 aliphatic heterocycles. The Morgan fingerprint density at radius 3 is 2.62 bits per heavy atom. The molecule has 2 aromatic heterocycles. The number of ketones is 1. The predicted octanol–water partition coefficient (Wildman–Crippen LogP) is 3.67. The minimum atomic E-state index is -0.0404. The van der Waals surface area contributed by atoms with E-state index >= 15 is 0 Å². The zero-order valence-electron chi connectivity index (χ0n) is 16.2. The lowest BCUT2D eigenvalue weighted by Gasteiger charge is -2.13. The Balaban J connectivity index is 1.81. The molecule has 0 saturated carbocycles. The second-order valence-electron chi connectivity index (χ2n) is 6.00. The van der Waals surface area contributed by atoms with E-state index in [0.29, 0.717) is 29.1 Å². The lowest BCUT2D eigenvalue weighted by atomic mass is 10.1. The van der Waals surface area contributed by atoms with E-state index in [9.17, 15) is 4.79 Å². The standard InChI is InChI=1S/C21H21N5O3/c1-4-17(27)11-14-6-5-7-15(10-14)24-20-18(28-2)13-23-21(26-20)25-16-8-9-19(29-3)22-12-16/h4-10,12-13H,1,11H2,2-3H3,(H2,23,24,25,26). The van der Waals surface area contributed by atoms with E-state index in [0.717, 1.165) is 11.3 Å². The summed E-state index contributed by atoms with van der Waals surface area (Å²) in [6.45, 7) is 3.51. The summed E-state index contributed by atoms with van der Waals surface area (Å²) in [6.07, 6.45) is 4.80. The van der Waals surface area contributed by atoms with Gasteiger partial charge in [0.1, 0.15) is 0 Å². The number of allylic oxidation sites excluding steroid dienone is 1. The second kappa shape index (κ2) is 9.32. The zero-order chi connectivity index (χ0) is 20.6. The van der Waals surface area contributed by atoms with Crippen LogP contribution < -0.4 is 20.1 Å². The van der Waals surface area contributed by atoms with E-state index in [1.165, 1.54) is 6.08 Å². The van der Waals surface area contributed by atoms with Gasteiger partial charge in [-0.3, -0.25) is 4.79 Å². The van der Waals surface area contributed by atoms with Crippen LogP contribution in [0.15, 0.2) is 61.4 Å². The van der Waals surface area contributed by atoms with Crippen molar-refractivity contribution in [2.45, 2.75) is 6.42 Å². The molecule has 0 aliphatic rings. The van der Waals surface area contributed by atoms with Crippen LogP contribution in [0.4, 0.5) is 23.1 Å². The third-order valence-electron chi connectivity index (χ3n) is 3.97. The zero-order valence-corrected chi connectivity index (χ0v) is 16.2. The van der Waals surface area contributed by atoms with Gasteiger partial charge in [-0.05, 0) is 29.8 Å². The first-order valence-electron chi connectivity index (χ1n) is 8.80. The third-order valence-corrected chi connectivity index (χ3v) is 3.97. The van der Waals surface area contributed by atoms with Gasteiger partial charge in [-0.25, -0.2) is 9.97 Å². The highest BCUT2D eigenvalue weighted by Gasteiger charge is 2.10. The highest BCUT2D eigenvalue weighted by atomic mass is 16.5. The number of aromatic nitrogens is 3. The summed E-state index contributed by atoms with van der Waals surface area (Å²) >= 11 is 0. The highest BCUT2D eigenvalue weighted by Crippen LogP contribution is 2.27. The normalized spacial score (nSPS) is 10.1. The number of rotatable bonds is 9. The van der Waals surface area contributed by atoms with Crippen LogP contribution in [-0.4, -0.2) is 35.0 Å². The van der Waals surface area contributed by atoms with Crippen molar-refractivity contribution in [2.24, 2.45) is 0 Å².